The number of piperidine rings is 1. The van der Waals surface area contributed by atoms with Crippen LogP contribution in [-0.4, -0.2) is 68.5 Å². The lowest BCUT2D eigenvalue weighted by Crippen LogP contribution is -2.45. The van der Waals surface area contributed by atoms with E-state index in [4.69, 9.17) is 4.74 Å². The topological polar surface area (TPSA) is 91.0 Å². The molecule has 0 aliphatic carbocycles. The maximum Gasteiger partial charge on any atom is 0.265 e. The highest BCUT2D eigenvalue weighted by atomic mass is 16.5. The van der Waals surface area contributed by atoms with Crippen LogP contribution in [0.25, 0.3) is 0 Å². The quantitative estimate of drug-likeness (QED) is 0.585. The molecule has 0 bridgehead atoms. The number of ether oxygens (including phenoxy) is 1. The summed E-state index contributed by atoms with van der Waals surface area (Å²) in [6.45, 7) is 5.64. The molecule has 34 heavy (non-hydrogen) atoms. The molecule has 0 radical (unpaired) electrons. The predicted octanol–water partition coefficient (Wildman–Crippen LogP) is 2.16. The number of amides is 3. The zero-order valence-corrected chi connectivity index (χ0v) is 19.6. The van der Waals surface area contributed by atoms with Crippen LogP contribution in [-0.2, 0) is 9.59 Å². The molecule has 2 aromatic rings. The number of benzene rings is 2. The van der Waals surface area contributed by atoms with Gasteiger partial charge in [0.1, 0.15) is 5.75 Å². The van der Waals surface area contributed by atoms with Crippen LogP contribution in [0.5, 0.6) is 5.75 Å². The molecule has 2 aromatic carbocycles. The van der Waals surface area contributed by atoms with Gasteiger partial charge in [0, 0.05) is 38.7 Å². The van der Waals surface area contributed by atoms with Gasteiger partial charge in [-0.25, -0.2) is 0 Å². The monoisotopic (exact) mass is 464 g/mol. The van der Waals surface area contributed by atoms with Crippen molar-refractivity contribution in [1.82, 2.24) is 15.5 Å². The fraction of sp³-hybridized carbons (Fsp3) is 0.423. The first-order valence-electron chi connectivity index (χ1n) is 11.9. The second-order valence-corrected chi connectivity index (χ2v) is 8.74. The number of carbonyl (C=O) groups excluding carboxylic acids is 3. The molecular formula is C26H32N4O4. The Bertz CT molecular complexity index is 1030. The van der Waals surface area contributed by atoms with E-state index in [0.717, 1.165) is 49.5 Å². The number of anilines is 1. The van der Waals surface area contributed by atoms with Gasteiger partial charge in [-0.2, -0.15) is 0 Å². The molecule has 2 aliphatic heterocycles. The summed E-state index contributed by atoms with van der Waals surface area (Å²) in [5, 5.41) is 5.59. The Morgan fingerprint density at radius 1 is 0.971 bits per heavy atom. The Morgan fingerprint density at radius 2 is 1.68 bits per heavy atom. The van der Waals surface area contributed by atoms with Crippen molar-refractivity contribution < 1.29 is 19.1 Å². The van der Waals surface area contributed by atoms with Gasteiger partial charge in [0.05, 0.1) is 5.69 Å². The van der Waals surface area contributed by atoms with Crippen molar-refractivity contribution in [2.24, 2.45) is 0 Å². The molecule has 2 N–H and O–H groups in total. The van der Waals surface area contributed by atoms with Crippen molar-refractivity contribution >= 4 is 23.4 Å². The fourth-order valence-corrected chi connectivity index (χ4v) is 4.68. The zero-order valence-electron chi connectivity index (χ0n) is 19.6. The van der Waals surface area contributed by atoms with Crippen molar-refractivity contribution in [3.05, 3.63) is 59.7 Å². The van der Waals surface area contributed by atoms with Crippen molar-refractivity contribution in [2.45, 2.75) is 25.7 Å². The van der Waals surface area contributed by atoms with Gasteiger partial charge in [-0.1, -0.05) is 30.3 Å². The molecule has 0 spiro atoms. The van der Waals surface area contributed by atoms with Crippen LogP contribution < -0.4 is 20.3 Å². The second kappa shape index (κ2) is 11.2. The number of hydrogen-bond acceptors (Lipinski definition) is 5. The standard InChI is InChI=1S/C26H32N4O4/c1-19(31)27-12-13-28-26(33)22-7-3-2-6-21(22)20-10-14-29(15-11-20)16-17-30-23-8-4-5-9-24(23)34-18-25(30)32/h2-9,20H,10-18H2,1H3,(H,27,31)(H,28,33). The molecule has 180 valence electrons. The lowest BCUT2D eigenvalue weighted by atomic mass is 9.86. The summed E-state index contributed by atoms with van der Waals surface area (Å²) in [6, 6.07) is 15.5. The molecule has 2 heterocycles. The van der Waals surface area contributed by atoms with Crippen LogP contribution in [0.15, 0.2) is 48.5 Å². The summed E-state index contributed by atoms with van der Waals surface area (Å²) in [5.74, 6) is 0.857. The van der Waals surface area contributed by atoms with Crippen LogP contribution >= 0.6 is 0 Å². The SMILES string of the molecule is CC(=O)NCCNC(=O)c1ccccc1C1CCN(CCN2C(=O)COc3ccccc32)CC1. The average Bonchev–Trinajstić information content (AvgIpc) is 2.86. The Kier molecular flexibility index (Phi) is 7.80. The van der Waals surface area contributed by atoms with Crippen molar-refractivity contribution in [2.75, 3.05) is 50.8 Å². The highest BCUT2D eigenvalue weighted by Gasteiger charge is 2.27. The predicted molar refractivity (Wildman–Crippen MR) is 130 cm³/mol. The van der Waals surface area contributed by atoms with Crippen molar-refractivity contribution in [3.63, 3.8) is 0 Å². The number of fused-ring (bicyclic) bond motifs is 1. The number of nitrogens with one attached hydrogen (secondary N) is 2. The fourth-order valence-electron chi connectivity index (χ4n) is 4.68. The summed E-state index contributed by atoms with van der Waals surface area (Å²) in [5.41, 5.74) is 2.63. The summed E-state index contributed by atoms with van der Waals surface area (Å²) >= 11 is 0. The molecule has 8 nitrogen and oxygen atoms in total. The minimum atomic E-state index is -0.108. The van der Waals surface area contributed by atoms with Gasteiger partial charge in [-0.3, -0.25) is 14.4 Å². The minimum Gasteiger partial charge on any atom is -0.482 e. The molecule has 4 rings (SSSR count). The smallest absolute Gasteiger partial charge is 0.265 e. The Balaban J connectivity index is 1.30. The van der Waals surface area contributed by atoms with E-state index in [0.29, 0.717) is 31.1 Å². The molecule has 0 aromatic heterocycles. The van der Waals surface area contributed by atoms with E-state index in [2.05, 4.69) is 15.5 Å². The number of hydrogen-bond donors (Lipinski definition) is 2. The van der Waals surface area contributed by atoms with Gasteiger partial charge in [-0.15, -0.1) is 0 Å². The first-order valence-corrected chi connectivity index (χ1v) is 11.9. The van der Waals surface area contributed by atoms with E-state index >= 15 is 0 Å². The molecule has 8 heteroatoms. The lowest BCUT2D eigenvalue weighted by molar-refractivity contribution is -0.121. The molecule has 1 saturated heterocycles. The molecule has 2 aliphatic rings. The van der Waals surface area contributed by atoms with E-state index < -0.39 is 0 Å². The maximum absolute atomic E-state index is 12.7. The van der Waals surface area contributed by atoms with Crippen LogP contribution in [0.3, 0.4) is 0 Å². The van der Waals surface area contributed by atoms with Crippen LogP contribution in [0.2, 0.25) is 0 Å². The molecule has 3 amide bonds. The number of carbonyl (C=O) groups is 3. The molecule has 1 fully saturated rings. The van der Waals surface area contributed by atoms with E-state index in [1.165, 1.54) is 6.92 Å². The Hall–Kier alpha value is -3.39. The number of likely N-dealkylation sites (tertiary alicyclic amines) is 1. The Labute approximate surface area is 200 Å². The number of para-hydroxylation sites is 2. The van der Waals surface area contributed by atoms with E-state index in [1.54, 1.807) is 0 Å². The molecule has 0 unspecified atom stereocenters. The third-order valence-electron chi connectivity index (χ3n) is 6.47. The van der Waals surface area contributed by atoms with E-state index in [9.17, 15) is 14.4 Å². The first-order chi connectivity index (χ1) is 16.5. The third-order valence-corrected chi connectivity index (χ3v) is 6.47. The van der Waals surface area contributed by atoms with E-state index in [1.807, 2.05) is 53.4 Å². The van der Waals surface area contributed by atoms with Crippen LogP contribution in [0, 0.1) is 0 Å². The number of nitrogens with zero attached hydrogens (tertiary/aromatic N) is 2. The second-order valence-electron chi connectivity index (χ2n) is 8.74. The Morgan fingerprint density at radius 3 is 2.47 bits per heavy atom. The van der Waals surface area contributed by atoms with Crippen LogP contribution in [0.4, 0.5) is 5.69 Å². The minimum absolute atomic E-state index is 0.00738. The van der Waals surface area contributed by atoms with Gasteiger partial charge in [0.15, 0.2) is 6.61 Å². The highest BCUT2D eigenvalue weighted by Crippen LogP contribution is 2.32. The summed E-state index contributed by atoms with van der Waals surface area (Å²) in [7, 11) is 0. The van der Waals surface area contributed by atoms with Gasteiger partial charge < -0.3 is 25.2 Å². The van der Waals surface area contributed by atoms with Crippen molar-refractivity contribution in [1.29, 1.82) is 0 Å². The van der Waals surface area contributed by atoms with Gasteiger partial charge in [0.2, 0.25) is 5.91 Å². The first kappa shape index (κ1) is 23.8. The van der Waals surface area contributed by atoms with E-state index in [-0.39, 0.29) is 24.3 Å². The van der Waals surface area contributed by atoms with Gasteiger partial charge >= 0.3 is 0 Å². The molecule has 0 atom stereocenters. The summed E-state index contributed by atoms with van der Waals surface area (Å²) in [4.78, 5) is 40.4. The average molecular weight is 465 g/mol. The van der Waals surface area contributed by atoms with Crippen LogP contribution in [0.1, 0.15) is 41.6 Å². The third kappa shape index (κ3) is 5.75. The van der Waals surface area contributed by atoms with Crippen molar-refractivity contribution in [3.8, 4) is 5.75 Å². The molecule has 0 saturated carbocycles. The lowest BCUT2D eigenvalue weighted by Gasteiger charge is -2.35. The largest absolute Gasteiger partial charge is 0.482 e. The zero-order chi connectivity index (χ0) is 23.9. The van der Waals surface area contributed by atoms with Gasteiger partial charge in [0.25, 0.3) is 11.8 Å². The number of rotatable bonds is 8. The van der Waals surface area contributed by atoms with Gasteiger partial charge in [-0.05, 0) is 55.6 Å². The maximum atomic E-state index is 12.7. The summed E-state index contributed by atoms with van der Waals surface area (Å²) < 4.78 is 5.54. The molecular weight excluding hydrogens is 432 g/mol. The highest BCUT2D eigenvalue weighted by molar-refractivity contribution is 5.98. The summed E-state index contributed by atoms with van der Waals surface area (Å²) in [6.07, 6.45) is 1.92. The normalized spacial score (nSPS) is 16.5.